The van der Waals surface area contributed by atoms with Gasteiger partial charge in [0.15, 0.2) is 0 Å². The highest BCUT2D eigenvalue weighted by molar-refractivity contribution is 5.97. The summed E-state index contributed by atoms with van der Waals surface area (Å²) < 4.78 is 1.97. The first-order valence-corrected chi connectivity index (χ1v) is 10.9. The SMILES string of the molecule is Cn1cccc1CN(Cc1ccccc1)C(=O)CN(C(=O)c1cccc([N+](=O)[O-])c1)C1CC1. The second-order valence-electron chi connectivity index (χ2n) is 8.32. The number of amides is 2. The van der Waals surface area contributed by atoms with Crippen LogP contribution in [0.15, 0.2) is 72.9 Å². The Morgan fingerprint density at radius 3 is 2.42 bits per heavy atom. The molecule has 170 valence electrons. The van der Waals surface area contributed by atoms with E-state index in [4.69, 9.17) is 0 Å². The van der Waals surface area contributed by atoms with E-state index in [2.05, 4.69) is 0 Å². The molecule has 1 heterocycles. The van der Waals surface area contributed by atoms with Crippen molar-refractivity contribution in [1.82, 2.24) is 14.4 Å². The summed E-state index contributed by atoms with van der Waals surface area (Å²) in [5.41, 5.74) is 2.07. The van der Waals surface area contributed by atoms with Crippen molar-refractivity contribution in [2.45, 2.75) is 32.0 Å². The molecule has 0 bridgehead atoms. The summed E-state index contributed by atoms with van der Waals surface area (Å²) in [7, 11) is 1.93. The molecule has 0 radical (unpaired) electrons. The number of nitrogens with zero attached hydrogens (tertiary/aromatic N) is 4. The summed E-state index contributed by atoms with van der Waals surface area (Å²) in [6.45, 7) is 0.776. The lowest BCUT2D eigenvalue weighted by Crippen LogP contribution is -2.43. The van der Waals surface area contributed by atoms with E-state index in [1.165, 1.54) is 18.2 Å². The largest absolute Gasteiger partial charge is 0.353 e. The predicted molar refractivity (Wildman–Crippen MR) is 123 cm³/mol. The number of carbonyl (C=O) groups is 2. The van der Waals surface area contributed by atoms with Crippen molar-refractivity contribution in [3.8, 4) is 0 Å². The normalized spacial score (nSPS) is 12.9. The van der Waals surface area contributed by atoms with Crippen LogP contribution in [0.25, 0.3) is 0 Å². The number of hydrogen-bond acceptors (Lipinski definition) is 4. The van der Waals surface area contributed by atoms with Crippen LogP contribution in [0.1, 0.15) is 34.5 Å². The van der Waals surface area contributed by atoms with Crippen LogP contribution in [0.3, 0.4) is 0 Å². The lowest BCUT2D eigenvalue weighted by molar-refractivity contribution is -0.384. The Kier molecular flexibility index (Phi) is 6.53. The van der Waals surface area contributed by atoms with Gasteiger partial charge in [0.25, 0.3) is 11.6 Å². The van der Waals surface area contributed by atoms with Crippen molar-refractivity contribution in [3.63, 3.8) is 0 Å². The quantitative estimate of drug-likeness (QED) is 0.370. The van der Waals surface area contributed by atoms with Crippen LogP contribution in [0, 0.1) is 10.1 Å². The van der Waals surface area contributed by atoms with Gasteiger partial charge in [-0.1, -0.05) is 36.4 Å². The number of carbonyl (C=O) groups excluding carboxylic acids is 2. The standard InChI is InChI=1S/C25H26N4O4/c1-26-14-6-11-23(26)17-27(16-19-7-3-2-4-8-19)24(30)18-28(21-12-13-21)25(31)20-9-5-10-22(15-20)29(32)33/h2-11,14-15,21H,12-13,16-18H2,1H3. The Hall–Kier alpha value is -3.94. The van der Waals surface area contributed by atoms with Gasteiger partial charge >= 0.3 is 0 Å². The van der Waals surface area contributed by atoms with E-state index in [1.807, 2.05) is 60.3 Å². The second-order valence-corrected chi connectivity index (χ2v) is 8.32. The van der Waals surface area contributed by atoms with Gasteiger partial charge in [0.2, 0.25) is 5.91 Å². The van der Waals surface area contributed by atoms with Gasteiger partial charge in [-0.2, -0.15) is 0 Å². The van der Waals surface area contributed by atoms with E-state index in [9.17, 15) is 19.7 Å². The van der Waals surface area contributed by atoms with Gasteiger partial charge in [-0.3, -0.25) is 19.7 Å². The van der Waals surface area contributed by atoms with E-state index >= 15 is 0 Å². The number of nitro groups is 1. The summed E-state index contributed by atoms with van der Waals surface area (Å²) >= 11 is 0. The molecule has 1 aromatic heterocycles. The van der Waals surface area contributed by atoms with Gasteiger partial charge in [0.05, 0.1) is 11.5 Å². The fourth-order valence-corrected chi connectivity index (χ4v) is 3.81. The molecule has 1 aliphatic carbocycles. The zero-order chi connectivity index (χ0) is 23.4. The lowest BCUT2D eigenvalue weighted by atomic mass is 10.1. The van der Waals surface area contributed by atoms with Gasteiger partial charge in [-0.15, -0.1) is 0 Å². The van der Waals surface area contributed by atoms with Crippen LogP contribution in [0.2, 0.25) is 0 Å². The Balaban J connectivity index is 1.55. The van der Waals surface area contributed by atoms with Crippen LogP contribution in [0.5, 0.6) is 0 Å². The molecule has 8 nitrogen and oxygen atoms in total. The molecule has 0 N–H and O–H groups in total. The maximum Gasteiger partial charge on any atom is 0.270 e. The molecule has 0 spiro atoms. The number of non-ortho nitro benzene ring substituents is 1. The first-order valence-electron chi connectivity index (χ1n) is 10.9. The molecule has 8 heteroatoms. The van der Waals surface area contributed by atoms with Crippen molar-refractivity contribution in [2.75, 3.05) is 6.54 Å². The minimum atomic E-state index is -0.523. The minimum absolute atomic E-state index is 0.0191. The van der Waals surface area contributed by atoms with Crippen LogP contribution in [-0.2, 0) is 24.9 Å². The smallest absolute Gasteiger partial charge is 0.270 e. The van der Waals surface area contributed by atoms with Gasteiger partial charge < -0.3 is 14.4 Å². The number of nitro benzene ring substituents is 1. The van der Waals surface area contributed by atoms with Gasteiger partial charge in [-0.25, -0.2) is 0 Å². The van der Waals surface area contributed by atoms with Crippen molar-refractivity contribution in [3.05, 3.63) is 99.9 Å². The molecule has 4 rings (SSSR count). The average molecular weight is 447 g/mol. The van der Waals surface area contributed by atoms with Gasteiger partial charge in [0, 0.05) is 49.2 Å². The number of rotatable bonds is 9. The molecule has 0 aliphatic heterocycles. The summed E-state index contributed by atoms with van der Waals surface area (Å²) in [5, 5.41) is 11.1. The molecule has 1 aliphatic rings. The summed E-state index contributed by atoms with van der Waals surface area (Å²) in [5.74, 6) is -0.515. The number of aryl methyl sites for hydroxylation is 1. The highest BCUT2D eigenvalue weighted by atomic mass is 16.6. The van der Waals surface area contributed by atoms with Crippen molar-refractivity contribution in [2.24, 2.45) is 7.05 Å². The van der Waals surface area contributed by atoms with Crippen molar-refractivity contribution in [1.29, 1.82) is 0 Å². The molecular formula is C25H26N4O4. The Morgan fingerprint density at radius 2 is 1.79 bits per heavy atom. The molecule has 0 atom stereocenters. The highest BCUT2D eigenvalue weighted by Crippen LogP contribution is 2.29. The fraction of sp³-hybridized carbons (Fsp3) is 0.280. The van der Waals surface area contributed by atoms with E-state index in [0.717, 1.165) is 24.1 Å². The molecular weight excluding hydrogens is 420 g/mol. The summed E-state index contributed by atoms with van der Waals surface area (Å²) in [6, 6.07) is 19.3. The predicted octanol–water partition coefficient (Wildman–Crippen LogP) is 3.77. The van der Waals surface area contributed by atoms with Crippen LogP contribution in [-0.4, -0.2) is 43.7 Å². The third-order valence-corrected chi connectivity index (χ3v) is 5.83. The zero-order valence-corrected chi connectivity index (χ0v) is 18.5. The van der Waals surface area contributed by atoms with Crippen molar-refractivity contribution < 1.29 is 14.5 Å². The van der Waals surface area contributed by atoms with Crippen molar-refractivity contribution >= 4 is 17.5 Å². The average Bonchev–Trinajstić information content (AvgIpc) is 3.59. The minimum Gasteiger partial charge on any atom is -0.353 e. The highest BCUT2D eigenvalue weighted by Gasteiger charge is 2.35. The first kappa shape index (κ1) is 22.3. The lowest BCUT2D eigenvalue weighted by Gasteiger charge is -2.28. The van der Waals surface area contributed by atoms with Gasteiger partial charge in [0.1, 0.15) is 6.54 Å². The molecule has 3 aromatic rings. The second kappa shape index (κ2) is 9.68. The van der Waals surface area contributed by atoms with E-state index in [-0.39, 0.29) is 35.7 Å². The molecule has 1 fully saturated rings. The topological polar surface area (TPSA) is 88.7 Å². The summed E-state index contributed by atoms with van der Waals surface area (Å²) in [6.07, 6.45) is 3.58. The Labute approximate surface area is 192 Å². The van der Waals surface area contributed by atoms with E-state index in [0.29, 0.717) is 13.1 Å². The van der Waals surface area contributed by atoms with Gasteiger partial charge in [-0.05, 0) is 36.6 Å². The number of hydrogen-bond donors (Lipinski definition) is 0. The summed E-state index contributed by atoms with van der Waals surface area (Å²) in [4.78, 5) is 40.6. The maximum absolute atomic E-state index is 13.5. The van der Waals surface area contributed by atoms with Crippen LogP contribution >= 0.6 is 0 Å². The number of aromatic nitrogens is 1. The zero-order valence-electron chi connectivity index (χ0n) is 18.5. The van der Waals surface area contributed by atoms with E-state index < -0.39 is 4.92 Å². The van der Waals surface area contributed by atoms with Crippen LogP contribution < -0.4 is 0 Å². The third-order valence-electron chi connectivity index (χ3n) is 5.83. The third kappa shape index (κ3) is 5.46. The van der Waals surface area contributed by atoms with E-state index in [1.54, 1.807) is 15.9 Å². The molecule has 1 saturated carbocycles. The van der Waals surface area contributed by atoms with Crippen LogP contribution in [0.4, 0.5) is 5.69 Å². The maximum atomic E-state index is 13.5. The molecule has 2 aromatic carbocycles. The monoisotopic (exact) mass is 446 g/mol. The molecule has 0 saturated heterocycles. The Bertz CT molecular complexity index is 1150. The fourth-order valence-electron chi connectivity index (χ4n) is 3.81. The Morgan fingerprint density at radius 1 is 1.03 bits per heavy atom. The molecule has 2 amide bonds. The molecule has 0 unspecified atom stereocenters. The molecule has 33 heavy (non-hydrogen) atoms. The number of benzene rings is 2. The first-order chi connectivity index (χ1) is 15.9.